The minimum Gasteiger partial charge on any atom is -0.423 e. The van der Waals surface area contributed by atoms with Gasteiger partial charge in [0.05, 0.1) is 11.0 Å². The molecule has 0 amide bonds. The highest BCUT2D eigenvalue weighted by molar-refractivity contribution is 7.98. The molecule has 3 nitrogen and oxygen atoms in total. The molecule has 0 fully saturated rings. The molecule has 5 aromatic carbocycles. The SMILES string of the molecule is CSc1ccccc1-c1ccc2c(c1)c1ccccc1n2-c1cc(B(O)O)c2sc3ccccc3c2c1. The number of aromatic nitrogens is 1. The number of rotatable bonds is 4. The van der Waals surface area contributed by atoms with Crippen molar-refractivity contribution in [3.05, 3.63) is 103 Å². The van der Waals surface area contributed by atoms with Crippen molar-refractivity contribution in [3.8, 4) is 16.8 Å². The number of para-hydroxylation sites is 1. The van der Waals surface area contributed by atoms with Crippen molar-refractivity contribution >= 4 is 77.7 Å². The van der Waals surface area contributed by atoms with Crippen LogP contribution in [0.4, 0.5) is 0 Å². The summed E-state index contributed by atoms with van der Waals surface area (Å²) in [5, 5.41) is 25.2. The van der Waals surface area contributed by atoms with Gasteiger partial charge in [-0.05, 0) is 59.8 Å². The molecule has 6 heteroatoms. The van der Waals surface area contributed by atoms with Crippen LogP contribution in [0.15, 0.2) is 108 Å². The van der Waals surface area contributed by atoms with E-state index in [1.165, 1.54) is 26.8 Å². The molecule has 2 heterocycles. The molecule has 0 aliphatic heterocycles. The van der Waals surface area contributed by atoms with Crippen LogP contribution in [0.1, 0.15) is 0 Å². The first-order valence-electron chi connectivity index (χ1n) is 12.1. The summed E-state index contributed by atoms with van der Waals surface area (Å²) in [5.74, 6) is 0. The van der Waals surface area contributed by atoms with Gasteiger partial charge in [-0.3, -0.25) is 0 Å². The summed E-state index contributed by atoms with van der Waals surface area (Å²) < 4.78 is 4.29. The topological polar surface area (TPSA) is 45.4 Å². The van der Waals surface area contributed by atoms with Crippen LogP contribution in [0.25, 0.3) is 58.8 Å². The minimum absolute atomic E-state index is 0.533. The summed E-state index contributed by atoms with van der Waals surface area (Å²) in [6, 6.07) is 35.9. The Morgan fingerprint density at radius 1 is 0.703 bits per heavy atom. The Morgan fingerprint density at radius 3 is 2.27 bits per heavy atom. The van der Waals surface area contributed by atoms with Crippen molar-refractivity contribution in [1.82, 2.24) is 4.57 Å². The molecule has 178 valence electrons. The fourth-order valence-electron chi connectivity index (χ4n) is 5.46. The lowest BCUT2D eigenvalue weighted by molar-refractivity contribution is 0.426. The fraction of sp³-hybridized carbons (Fsp3) is 0.0323. The second kappa shape index (κ2) is 8.79. The number of nitrogens with zero attached hydrogens (tertiary/aromatic N) is 1. The maximum Gasteiger partial charge on any atom is 0.489 e. The molecule has 2 N–H and O–H groups in total. The van der Waals surface area contributed by atoms with E-state index in [2.05, 4.69) is 95.8 Å². The van der Waals surface area contributed by atoms with E-state index in [4.69, 9.17) is 0 Å². The third-order valence-electron chi connectivity index (χ3n) is 7.12. The van der Waals surface area contributed by atoms with Crippen LogP contribution >= 0.6 is 23.1 Å². The largest absolute Gasteiger partial charge is 0.489 e. The van der Waals surface area contributed by atoms with Crippen molar-refractivity contribution in [2.45, 2.75) is 4.90 Å². The highest BCUT2D eigenvalue weighted by Crippen LogP contribution is 2.39. The van der Waals surface area contributed by atoms with E-state index in [0.717, 1.165) is 36.9 Å². The van der Waals surface area contributed by atoms with Crippen molar-refractivity contribution in [2.75, 3.05) is 6.26 Å². The lowest BCUT2D eigenvalue weighted by Gasteiger charge is -2.12. The summed E-state index contributed by atoms with van der Waals surface area (Å²) in [6.07, 6.45) is 2.11. The summed E-state index contributed by atoms with van der Waals surface area (Å²) >= 11 is 3.36. The normalized spacial score (nSPS) is 11.8. The van der Waals surface area contributed by atoms with Gasteiger partial charge in [0.1, 0.15) is 0 Å². The van der Waals surface area contributed by atoms with Gasteiger partial charge in [-0.2, -0.15) is 0 Å². The second-order valence-electron chi connectivity index (χ2n) is 9.17. The standard InChI is InChI=1S/C31H22BNO2S2/c1-36-29-12-6-3-8-21(29)19-14-15-28-24(16-19)22-9-2-5-11-27(22)33(28)20-17-25-23-10-4-7-13-30(23)37-31(25)26(18-20)32(34)35/h2-18,34-35H,1H3. The number of fused-ring (bicyclic) bond motifs is 6. The molecule has 37 heavy (non-hydrogen) atoms. The monoisotopic (exact) mass is 515 g/mol. The quantitative estimate of drug-likeness (QED) is 0.192. The number of hydrogen-bond donors (Lipinski definition) is 2. The lowest BCUT2D eigenvalue weighted by Crippen LogP contribution is -2.30. The van der Waals surface area contributed by atoms with Crippen molar-refractivity contribution in [2.24, 2.45) is 0 Å². The number of thioether (sulfide) groups is 1. The minimum atomic E-state index is -1.56. The predicted molar refractivity (Wildman–Crippen MR) is 161 cm³/mol. The summed E-state index contributed by atoms with van der Waals surface area (Å²) in [5.41, 5.74) is 6.04. The molecule has 2 aromatic heterocycles. The summed E-state index contributed by atoms with van der Waals surface area (Å²) in [6.45, 7) is 0. The van der Waals surface area contributed by atoms with Gasteiger partial charge in [0.15, 0.2) is 0 Å². The number of benzene rings is 5. The van der Waals surface area contributed by atoms with Gasteiger partial charge in [0.25, 0.3) is 0 Å². The average Bonchev–Trinajstić information content (AvgIpc) is 3.47. The van der Waals surface area contributed by atoms with Gasteiger partial charge in [-0.15, -0.1) is 23.1 Å². The van der Waals surface area contributed by atoms with Gasteiger partial charge < -0.3 is 14.6 Å². The van der Waals surface area contributed by atoms with Crippen LogP contribution in [0.3, 0.4) is 0 Å². The summed E-state index contributed by atoms with van der Waals surface area (Å²) in [7, 11) is -1.56. The molecular formula is C31H22BNO2S2. The molecule has 0 spiro atoms. The van der Waals surface area contributed by atoms with Gasteiger partial charge in [0, 0.05) is 47.0 Å². The predicted octanol–water partition coefficient (Wildman–Crippen LogP) is 7.22. The van der Waals surface area contributed by atoms with E-state index in [-0.39, 0.29) is 0 Å². The van der Waals surface area contributed by atoms with Gasteiger partial charge >= 0.3 is 7.12 Å². The molecule has 0 radical (unpaired) electrons. The smallest absolute Gasteiger partial charge is 0.423 e. The summed E-state index contributed by atoms with van der Waals surface area (Å²) in [4.78, 5) is 1.25. The number of hydrogen-bond acceptors (Lipinski definition) is 4. The second-order valence-corrected chi connectivity index (χ2v) is 11.1. The molecule has 0 saturated carbocycles. The van der Waals surface area contributed by atoms with Crippen LogP contribution in [0.2, 0.25) is 0 Å². The zero-order valence-electron chi connectivity index (χ0n) is 20.1. The highest BCUT2D eigenvalue weighted by Gasteiger charge is 2.22. The Morgan fingerprint density at radius 2 is 1.43 bits per heavy atom. The van der Waals surface area contributed by atoms with Crippen LogP contribution in [0, 0.1) is 0 Å². The Bertz CT molecular complexity index is 1970. The number of thiophene rings is 1. The van der Waals surface area contributed by atoms with E-state index in [1.54, 1.807) is 23.1 Å². The molecule has 0 aliphatic carbocycles. The Hall–Kier alpha value is -3.55. The van der Waals surface area contributed by atoms with E-state index >= 15 is 0 Å². The first-order valence-corrected chi connectivity index (χ1v) is 14.2. The third-order valence-corrected chi connectivity index (χ3v) is 9.15. The molecule has 0 aliphatic rings. The van der Waals surface area contributed by atoms with Gasteiger partial charge in [-0.1, -0.05) is 60.7 Å². The van der Waals surface area contributed by atoms with E-state index in [0.29, 0.717) is 5.46 Å². The van der Waals surface area contributed by atoms with Crippen molar-refractivity contribution in [3.63, 3.8) is 0 Å². The average molecular weight is 515 g/mol. The van der Waals surface area contributed by atoms with Crippen molar-refractivity contribution < 1.29 is 10.0 Å². The molecule has 0 atom stereocenters. The highest BCUT2D eigenvalue weighted by atomic mass is 32.2. The third kappa shape index (κ3) is 3.52. The molecule has 0 bridgehead atoms. The van der Waals surface area contributed by atoms with Crippen LogP contribution in [0.5, 0.6) is 0 Å². The Kier molecular flexibility index (Phi) is 5.38. The first-order chi connectivity index (χ1) is 18.1. The molecular weight excluding hydrogens is 493 g/mol. The van der Waals surface area contributed by atoms with Gasteiger partial charge in [0.2, 0.25) is 0 Å². The fourth-order valence-corrected chi connectivity index (χ4v) is 7.30. The van der Waals surface area contributed by atoms with Crippen LogP contribution < -0.4 is 5.46 Å². The maximum absolute atomic E-state index is 10.4. The zero-order chi connectivity index (χ0) is 25.1. The Balaban J connectivity index is 1.55. The first kappa shape index (κ1) is 22.6. The van der Waals surface area contributed by atoms with Crippen LogP contribution in [-0.4, -0.2) is 28.0 Å². The maximum atomic E-state index is 10.4. The van der Waals surface area contributed by atoms with Crippen molar-refractivity contribution in [1.29, 1.82) is 0 Å². The molecule has 7 aromatic rings. The van der Waals surface area contributed by atoms with Crippen LogP contribution in [-0.2, 0) is 0 Å². The molecule has 7 rings (SSSR count). The van der Waals surface area contributed by atoms with E-state index in [9.17, 15) is 10.0 Å². The molecule has 0 saturated heterocycles. The van der Waals surface area contributed by atoms with E-state index < -0.39 is 7.12 Å². The molecule has 0 unspecified atom stereocenters. The zero-order valence-corrected chi connectivity index (χ0v) is 21.7. The van der Waals surface area contributed by atoms with Gasteiger partial charge in [-0.25, -0.2) is 0 Å². The van der Waals surface area contributed by atoms with E-state index in [1.807, 2.05) is 18.2 Å². The lowest BCUT2D eigenvalue weighted by atomic mass is 9.79. The Labute approximate surface area is 222 Å².